The summed E-state index contributed by atoms with van der Waals surface area (Å²) in [5, 5.41) is 0. The SMILES string of the molecule is CC1CCCC(C[C@@H]2COCCN2C)N1C. The fourth-order valence-electron chi connectivity index (χ4n) is 3.00. The molecule has 2 saturated heterocycles. The first-order valence-electron chi connectivity index (χ1n) is 6.68. The molecule has 3 heteroatoms. The van der Waals surface area contributed by atoms with Crippen LogP contribution in [0, 0.1) is 0 Å². The number of likely N-dealkylation sites (tertiary alicyclic amines) is 1. The summed E-state index contributed by atoms with van der Waals surface area (Å²) < 4.78 is 5.60. The highest BCUT2D eigenvalue weighted by Crippen LogP contribution is 2.25. The molecule has 0 aromatic rings. The van der Waals surface area contributed by atoms with Gasteiger partial charge < -0.3 is 9.64 Å². The van der Waals surface area contributed by atoms with Crippen LogP contribution in [0.25, 0.3) is 0 Å². The number of likely N-dealkylation sites (N-methyl/N-ethyl adjacent to an activating group) is 1. The first-order chi connectivity index (χ1) is 7.68. The number of nitrogens with zero attached hydrogens (tertiary/aromatic N) is 2. The van der Waals surface area contributed by atoms with Crippen molar-refractivity contribution >= 4 is 0 Å². The van der Waals surface area contributed by atoms with Crippen molar-refractivity contribution in [3.63, 3.8) is 0 Å². The Morgan fingerprint density at radius 2 is 2.00 bits per heavy atom. The van der Waals surface area contributed by atoms with Crippen molar-refractivity contribution in [3.8, 4) is 0 Å². The molecule has 2 aliphatic heterocycles. The third-order valence-electron chi connectivity index (χ3n) is 4.50. The second-order valence-electron chi connectivity index (χ2n) is 5.54. The van der Waals surface area contributed by atoms with Gasteiger partial charge in [-0.1, -0.05) is 6.42 Å². The fourth-order valence-corrected chi connectivity index (χ4v) is 3.00. The minimum Gasteiger partial charge on any atom is -0.378 e. The van der Waals surface area contributed by atoms with Crippen LogP contribution in [0.1, 0.15) is 32.6 Å². The van der Waals surface area contributed by atoms with E-state index in [1.165, 1.54) is 25.7 Å². The lowest BCUT2D eigenvalue weighted by Crippen LogP contribution is -2.49. The average molecular weight is 226 g/mol. The van der Waals surface area contributed by atoms with E-state index in [2.05, 4.69) is 30.8 Å². The van der Waals surface area contributed by atoms with Gasteiger partial charge in [0.05, 0.1) is 13.2 Å². The van der Waals surface area contributed by atoms with E-state index in [-0.39, 0.29) is 0 Å². The Balaban J connectivity index is 1.87. The van der Waals surface area contributed by atoms with Gasteiger partial charge in [-0.3, -0.25) is 4.90 Å². The number of morpholine rings is 1. The molecule has 0 aromatic heterocycles. The summed E-state index contributed by atoms with van der Waals surface area (Å²) in [6.07, 6.45) is 5.40. The van der Waals surface area contributed by atoms with Crippen molar-refractivity contribution in [3.05, 3.63) is 0 Å². The van der Waals surface area contributed by atoms with Crippen molar-refractivity contribution in [1.29, 1.82) is 0 Å². The van der Waals surface area contributed by atoms with Gasteiger partial charge in [-0.15, -0.1) is 0 Å². The van der Waals surface area contributed by atoms with Crippen LogP contribution in [0.3, 0.4) is 0 Å². The predicted octanol–water partition coefficient (Wildman–Crippen LogP) is 1.58. The molecule has 0 bridgehead atoms. The largest absolute Gasteiger partial charge is 0.378 e. The van der Waals surface area contributed by atoms with Crippen LogP contribution >= 0.6 is 0 Å². The van der Waals surface area contributed by atoms with Gasteiger partial charge in [0.1, 0.15) is 0 Å². The van der Waals surface area contributed by atoms with Gasteiger partial charge in [-0.25, -0.2) is 0 Å². The Bertz CT molecular complexity index is 222. The van der Waals surface area contributed by atoms with E-state index >= 15 is 0 Å². The van der Waals surface area contributed by atoms with Gasteiger partial charge >= 0.3 is 0 Å². The maximum Gasteiger partial charge on any atom is 0.0622 e. The molecule has 0 aliphatic carbocycles. The summed E-state index contributed by atoms with van der Waals surface area (Å²) in [4.78, 5) is 5.04. The molecule has 94 valence electrons. The highest BCUT2D eigenvalue weighted by molar-refractivity contribution is 4.85. The van der Waals surface area contributed by atoms with Gasteiger partial charge in [0, 0.05) is 24.7 Å². The van der Waals surface area contributed by atoms with Crippen LogP contribution in [0.5, 0.6) is 0 Å². The Labute approximate surface area is 99.7 Å². The van der Waals surface area contributed by atoms with Gasteiger partial charge in [-0.05, 0) is 40.3 Å². The standard InChI is InChI=1S/C13H26N2O/c1-11-5-4-6-12(15(11)3)9-13-10-16-8-7-14(13)2/h11-13H,4-10H2,1-3H3/t11?,12?,13-/m1/s1. The number of ether oxygens (including phenoxy) is 1. The zero-order chi connectivity index (χ0) is 11.5. The first-order valence-corrected chi connectivity index (χ1v) is 6.68. The Morgan fingerprint density at radius 3 is 2.75 bits per heavy atom. The second-order valence-corrected chi connectivity index (χ2v) is 5.54. The number of piperidine rings is 1. The van der Waals surface area contributed by atoms with Crippen molar-refractivity contribution in [2.45, 2.75) is 50.7 Å². The third kappa shape index (κ3) is 2.76. The van der Waals surface area contributed by atoms with E-state index in [0.717, 1.165) is 31.8 Å². The lowest BCUT2D eigenvalue weighted by molar-refractivity contribution is -0.0133. The molecule has 3 nitrogen and oxygen atoms in total. The Hall–Kier alpha value is -0.120. The van der Waals surface area contributed by atoms with Crippen molar-refractivity contribution < 1.29 is 4.74 Å². The van der Waals surface area contributed by atoms with Gasteiger partial charge in [-0.2, -0.15) is 0 Å². The zero-order valence-electron chi connectivity index (χ0n) is 11.0. The zero-order valence-corrected chi connectivity index (χ0v) is 11.0. The minimum absolute atomic E-state index is 0.631. The van der Waals surface area contributed by atoms with Crippen LogP contribution in [0.4, 0.5) is 0 Å². The highest BCUT2D eigenvalue weighted by Gasteiger charge is 2.29. The van der Waals surface area contributed by atoms with E-state index < -0.39 is 0 Å². The molecule has 2 unspecified atom stereocenters. The molecule has 3 atom stereocenters. The minimum atomic E-state index is 0.631. The van der Waals surface area contributed by atoms with Crippen molar-refractivity contribution in [2.24, 2.45) is 0 Å². The van der Waals surface area contributed by atoms with E-state index in [1.807, 2.05) is 0 Å². The topological polar surface area (TPSA) is 15.7 Å². The second kappa shape index (κ2) is 5.48. The van der Waals surface area contributed by atoms with Crippen LogP contribution in [0.2, 0.25) is 0 Å². The quantitative estimate of drug-likeness (QED) is 0.711. The molecule has 0 amide bonds. The first kappa shape index (κ1) is 12.3. The molecule has 2 heterocycles. The summed E-state index contributed by atoms with van der Waals surface area (Å²) in [5.74, 6) is 0. The maximum atomic E-state index is 5.60. The highest BCUT2D eigenvalue weighted by atomic mass is 16.5. The molecular weight excluding hydrogens is 200 g/mol. The van der Waals surface area contributed by atoms with Gasteiger partial charge in [0.15, 0.2) is 0 Å². The molecule has 0 aromatic carbocycles. The van der Waals surface area contributed by atoms with Crippen molar-refractivity contribution in [1.82, 2.24) is 9.80 Å². The third-order valence-corrected chi connectivity index (χ3v) is 4.50. The summed E-state index contributed by atoms with van der Waals surface area (Å²) in [6, 6.07) is 2.15. The van der Waals surface area contributed by atoms with Crippen LogP contribution in [0.15, 0.2) is 0 Å². The normalized spacial score (nSPS) is 38.8. The lowest BCUT2D eigenvalue weighted by Gasteiger charge is -2.42. The molecule has 0 radical (unpaired) electrons. The molecule has 2 aliphatic rings. The Kier molecular flexibility index (Phi) is 4.22. The number of hydrogen-bond donors (Lipinski definition) is 0. The molecular formula is C13H26N2O. The molecule has 0 N–H and O–H groups in total. The molecule has 0 spiro atoms. The summed E-state index contributed by atoms with van der Waals surface area (Å²) >= 11 is 0. The van der Waals surface area contributed by atoms with Gasteiger partial charge in [0.2, 0.25) is 0 Å². The smallest absolute Gasteiger partial charge is 0.0622 e. The molecule has 16 heavy (non-hydrogen) atoms. The Morgan fingerprint density at radius 1 is 1.19 bits per heavy atom. The number of rotatable bonds is 2. The van der Waals surface area contributed by atoms with E-state index in [0.29, 0.717) is 6.04 Å². The van der Waals surface area contributed by atoms with E-state index in [4.69, 9.17) is 4.74 Å². The monoisotopic (exact) mass is 226 g/mol. The average Bonchev–Trinajstić information content (AvgIpc) is 2.28. The van der Waals surface area contributed by atoms with E-state index in [9.17, 15) is 0 Å². The lowest BCUT2D eigenvalue weighted by atomic mass is 9.92. The van der Waals surface area contributed by atoms with Crippen LogP contribution in [-0.2, 0) is 4.74 Å². The maximum absolute atomic E-state index is 5.60. The summed E-state index contributed by atoms with van der Waals surface area (Å²) in [7, 11) is 4.53. The summed E-state index contributed by atoms with van der Waals surface area (Å²) in [5.41, 5.74) is 0. The predicted molar refractivity (Wildman–Crippen MR) is 66.7 cm³/mol. The molecule has 0 saturated carbocycles. The van der Waals surface area contributed by atoms with E-state index in [1.54, 1.807) is 0 Å². The molecule has 2 fully saturated rings. The number of hydrogen-bond acceptors (Lipinski definition) is 3. The van der Waals surface area contributed by atoms with Crippen LogP contribution < -0.4 is 0 Å². The van der Waals surface area contributed by atoms with Crippen molar-refractivity contribution in [2.75, 3.05) is 33.9 Å². The molecule has 2 rings (SSSR count). The van der Waals surface area contributed by atoms with Gasteiger partial charge in [0.25, 0.3) is 0 Å². The summed E-state index contributed by atoms with van der Waals surface area (Å²) in [6.45, 7) is 5.28. The fraction of sp³-hybridized carbons (Fsp3) is 1.00. The van der Waals surface area contributed by atoms with Crippen LogP contribution in [-0.4, -0.2) is 61.8 Å².